The van der Waals surface area contributed by atoms with Crippen molar-refractivity contribution in [2.75, 3.05) is 11.9 Å². The highest BCUT2D eigenvalue weighted by molar-refractivity contribution is 5.95. The van der Waals surface area contributed by atoms with Crippen molar-refractivity contribution in [3.8, 4) is 11.5 Å². The summed E-state index contributed by atoms with van der Waals surface area (Å²) >= 11 is 0. The van der Waals surface area contributed by atoms with Crippen molar-refractivity contribution >= 4 is 11.6 Å². The van der Waals surface area contributed by atoms with Gasteiger partial charge in [-0.3, -0.25) is 4.79 Å². The van der Waals surface area contributed by atoms with Crippen LogP contribution < -0.4 is 15.8 Å². The molecule has 1 unspecified atom stereocenters. The van der Waals surface area contributed by atoms with Crippen molar-refractivity contribution in [3.63, 3.8) is 0 Å². The lowest BCUT2D eigenvalue weighted by molar-refractivity contribution is -0.118. The molecule has 6 heteroatoms. The molecule has 0 fully saturated rings. The fourth-order valence-corrected chi connectivity index (χ4v) is 2.66. The van der Waals surface area contributed by atoms with E-state index >= 15 is 0 Å². The third-order valence-electron chi connectivity index (χ3n) is 4.25. The average Bonchev–Trinajstić information content (AvgIpc) is 2.72. The lowest BCUT2D eigenvalue weighted by atomic mass is 10.1. The quantitative estimate of drug-likeness (QED) is 0.594. The zero-order chi connectivity index (χ0) is 20.6. The largest absolute Gasteiger partial charge is 0.457 e. The van der Waals surface area contributed by atoms with Crippen LogP contribution in [-0.2, 0) is 16.1 Å². The summed E-state index contributed by atoms with van der Waals surface area (Å²) in [4.78, 5) is 12.3. The zero-order valence-corrected chi connectivity index (χ0v) is 16.1. The lowest BCUT2D eigenvalue weighted by Crippen LogP contribution is -2.39. The Balaban J connectivity index is 1.52. The number of carbonyl (C=O) groups excluding carboxylic acids is 1. The Bertz CT molecular complexity index is 946. The van der Waals surface area contributed by atoms with Gasteiger partial charge in [0.15, 0.2) is 0 Å². The Morgan fingerprint density at radius 3 is 2.41 bits per heavy atom. The minimum Gasteiger partial charge on any atom is -0.457 e. The third kappa shape index (κ3) is 6.14. The minimum atomic E-state index is -0.784. The average molecular weight is 394 g/mol. The fraction of sp³-hybridized carbons (Fsp3) is 0.174. The first-order valence-corrected chi connectivity index (χ1v) is 9.23. The number of nitrogens with one attached hydrogen (secondary N) is 1. The Morgan fingerprint density at radius 2 is 1.72 bits per heavy atom. The number of halogens is 1. The molecule has 0 aliphatic heterocycles. The molecule has 3 aromatic carbocycles. The number of rotatable bonds is 8. The Labute approximate surface area is 169 Å². The van der Waals surface area contributed by atoms with Gasteiger partial charge >= 0.3 is 0 Å². The van der Waals surface area contributed by atoms with E-state index in [9.17, 15) is 9.18 Å². The number of carbonyl (C=O) groups is 1. The van der Waals surface area contributed by atoms with Gasteiger partial charge in [0.2, 0.25) is 5.91 Å². The van der Waals surface area contributed by atoms with Gasteiger partial charge < -0.3 is 20.5 Å². The molecule has 0 spiro atoms. The monoisotopic (exact) mass is 394 g/mol. The zero-order valence-electron chi connectivity index (χ0n) is 16.1. The molecule has 0 aliphatic rings. The molecule has 29 heavy (non-hydrogen) atoms. The maximum atomic E-state index is 13.0. The van der Waals surface area contributed by atoms with Crippen LogP contribution in [0.5, 0.6) is 11.5 Å². The summed E-state index contributed by atoms with van der Waals surface area (Å²) in [5.41, 5.74) is 8.41. The molecular weight excluding hydrogens is 371 g/mol. The number of ether oxygens (including phenoxy) is 2. The van der Waals surface area contributed by atoms with Crippen molar-refractivity contribution in [2.24, 2.45) is 5.73 Å². The summed E-state index contributed by atoms with van der Waals surface area (Å²) in [6.45, 7) is 2.37. The van der Waals surface area contributed by atoms with Crippen LogP contribution >= 0.6 is 0 Å². The summed E-state index contributed by atoms with van der Waals surface area (Å²) in [5.74, 6) is 0.465. The van der Waals surface area contributed by atoms with Crippen molar-refractivity contribution in [3.05, 3.63) is 89.7 Å². The maximum absolute atomic E-state index is 13.0. The number of aryl methyl sites for hydroxylation is 1. The Hall–Kier alpha value is -3.22. The second-order valence-electron chi connectivity index (χ2n) is 6.63. The van der Waals surface area contributed by atoms with E-state index < -0.39 is 6.04 Å². The van der Waals surface area contributed by atoms with E-state index in [-0.39, 0.29) is 18.3 Å². The van der Waals surface area contributed by atoms with E-state index in [1.807, 2.05) is 37.3 Å². The molecule has 3 N–H and O–H groups in total. The minimum absolute atomic E-state index is 0.117. The maximum Gasteiger partial charge on any atom is 0.243 e. The van der Waals surface area contributed by atoms with Crippen LogP contribution in [0.1, 0.15) is 11.1 Å². The van der Waals surface area contributed by atoms with Crippen LogP contribution in [0.15, 0.2) is 72.8 Å². The SMILES string of the molecule is Cc1cc(Oc2ccc(F)cc2)ccc1NC(=O)C(N)COCc1ccccc1. The second kappa shape index (κ2) is 9.82. The molecule has 0 radical (unpaired) electrons. The smallest absolute Gasteiger partial charge is 0.243 e. The first-order valence-electron chi connectivity index (χ1n) is 9.23. The molecule has 1 amide bonds. The molecular formula is C23H23FN2O3. The molecule has 0 aliphatic carbocycles. The first kappa shape index (κ1) is 20.5. The summed E-state index contributed by atoms with van der Waals surface area (Å²) in [6, 6.07) is 19.9. The molecule has 0 bridgehead atoms. The van der Waals surface area contributed by atoms with Gasteiger partial charge in [0.1, 0.15) is 23.4 Å². The van der Waals surface area contributed by atoms with Crippen molar-refractivity contribution < 1.29 is 18.7 Å². The number of hydrogen-bond acceptors (Lipinski definition) is 4. The molecule has 1 atom stereocenters. The van der Waals surface area contributed by atoms with Gasteiger partial charge in [0.05, 0.1) is 13.2 Å². The number of nitrogens with two attached hydrogens (primary N) is 1. The van der Waals surface area contributed by atoms with E-state index in [0.29, 0.717) is 23.8 Å². The van der Waals surface area contributed by atoms with E-state index in [1.54, 1.807) is 30.3 Å². The third-order valence-corrected chi connectivity index (χ3v) is 4.25. The standard InChI is InChI=1S/C23H23FN2O3/c1-16-13-20(29-19-9-7-18(24)8-10-19)11-12-22(16)26-23(27)21(25)15-28-14-17-5-3-2-4-6-17/h2-13,21H,14-15,25H2,1H3,(H,26,27). The predicted octanol–water partition coefficient (Wildman–Crippen LogP) is 4.41. The van der Waals surface area contributed by atoms with Crippen LogP contribution in [-0.4, -0.2) is 18.6 Å². The summed E-state index contributed by atoms with van der Waals surface area (Å²) in [7, 11) is 0. The summed E-state index contributed by atoms with van der Waals surface area (Å²) in [5, 5.41) is 2.81. The van der Waals surface area contributed by atoms with Gasteiger partial charge in [-0.1, -0.05) is 30.3 Å². The van der Waals surface area contributed by atoms with E-state index in [4.69, 9.17) is 15.2 Å². The van der Waals surface area contributed by atoms with Gasteiger partial charge in [-0.05, 0) is 60.5 Å². The van der Waals surface area contributed by atoms with Crippen LogP contribution in [0, 0.1) is 12.7 Å². The summed E-state index contributed by atoms with van der Waals surface area (Å²) in [6.07, 6.45) is 0. The number of anilines is 1. The molecule has 0 heterocycles. The molecule has 150 valence electrons. The van der Waals surface area contributed by atoms with Gasteiger partial charge in [-0.25, -0.2) is 4.39 Å². The van der Waals surface area contributed by atoms with Gasteiger partial charge in [0, 0.05) is 5.69 Å². The highest BCUT2D eigenvalue weighted by atomic mass is 19.1. The van der Waals surface area contributed by atoms with Crippen LogP contribution in [0.2, 0.25) is 0 Å². The molecule has 5 nitrogen and oxygen atoms in total. The lowest BCUT2D eigenvalue weighted by Gasteiger charge is -2.15. The van der Waals surface area contributed by atoms with Crippen LogP contribution in [0.25, 0.3) is 0 Å². The van der Waals surface area contributed by atoms with Crippen LogP contribution in [0.3, 0.4) is 0 Å². The topological polar surface area (TPSA) is 73.6 Å². The molecule has 3 aromatic rings. The first-order chi connectivity index (χ1) is 14.0. The van der Waals surface area contributed by atoms with Gasteiger partial charge in [-0.2, -0.15) is 0 Å². The Kier molecular flexibility index (Phi) is 6.94. The number of benzene rings is 3. The molecule has 0 saturated carbocycles. The van der Waals surface area contributed by atoms with Gasteiger partial charge in [0.25, 0.3) is 0 Å². The predicted molar refractivity (Wildman–Crippen MR) is 110 cm³/mol. The van der Waals surface area contributed by atoms with Crippen molar-refractivity contribution in [1.29, 1.82) is 0 Å². The van der Waals surface area contributed by atoms with E-state index in [1.165, 1.54) is 12.1 Å². The van der Waals surface area contributed by atoms with Crippen molar-refractivity contribution in [2.45, 2.75) is 19.6 Å². The molecule has 3 rings (SSSR count). The fourth-order valence-electron chi connectivity index (χ4n) is 2.66. The Morgan fingerprint density at radius 1 is 1.03 bits per heavy atom. The van der Waals surface area contributed by atoms with E-state index in [0.717, 1.165) is 11.1 Å². The highest BCUT2D eigenvalue weighted by Crippen LogP contribution is 2.26. The van der Waals surface area contributed by atoms with E-state index in [2.05, 4.69) is 5.32 Å². The number of hydrogen-bond donors (Lipinski definition) is 2. The number of amides is 1. The normalized spacial score (nSPS) is 11.7. The molecule has 0 aromatic heterocycles. The van der Waals surface area contributed by atoms with Crippen LogP contribution in [0.4, 0.5) is 10.1 Å². The van der Waals surface area contributed by atoms with Crippen molar-refractivity contribution in [1.82, 2.24) is 0 Å². The van der Waals surface area contributed by atoms with Gasteiger partial charge in [-0.15, -0.1) is 0 Å². The molecule has 0 saturated heterocycles. The second-order valence-corrected chi connectivity index (χ2v) is 6.63. The highest BCUT2D eigenvalue weighted by Gasteiger charge is 2.15. The summed E-state index contributed by atoms with van der Waals surface area (Å²) < 4.78 is 24.2.